The van der Waals surface area contributed by atoms with Gasteiger partial charge in [0, 0.05) is 17.9 Å². The second kappa shape index (κ2) is 5.94. The van der Waals surface area contributed by atoms with Crippen molar-refractivity contribution in [3.63, 3.8) is 0 Å². The molecule has 2 rings (SSSR count). The van der Waals surface area contributed by atoms with Crippen molar-refractivity contribution in [2.45, 2.75) is 11.3 Å². The summed E-state index contributed by atoms with van der Waals surface area (Å²) in [5.41, 5.74) is 8.41. The molecule has 2 aromatic rings. The van der Waals surface area contributed by atoms with E-state index in [1.807, 2.05) is 24.3 Å². The fraction of sp³-hybridized carbons (Fsp3) is 0.143. The largest absolute Gasteiger partial charge is 0.399 e. The zero-order valence-corrected chi connectivity index (χ0v) is 11.7. The molecule has 0 aromatic heterocycles. The standard InChI is InChI=1S/C14H17N3O2S/c15-12-3-1-11(2-4-12)9-10-17-13-5-7-14(8-6-13)20(16,18)19/h1-8,17H,9-10,15H2,(H2,16,18,19). The fourth-order valence-electron chi connectivity index (χ4n) is 1.80. The number of primary sulfonamides is 1. The summed E-state index contributed by atoms with van der Waals surface area (Å²) in [5, 5.41) is 8.26. The lowest BCUT2D eigenvalue weighted by Gasteiger charge is -2.07. The van der Waals surface area contributed by atoms with Gasteiger partial charge in [0.1, 0.15) is 0 Å². The first-order chi connectivity index (χ1) is 9.45. The van der Waals surface area contributed by atoms with Crippen LogP contribution in [-0.2, 0) is 16.4 Å². The van der Waals surface area contributed by atoms with Crippen LogP contribution in [0, 0.1) is 0 Å². The number of nitrogens with one attached hydrogen (secondary N) is 1. The van der Waals surface area contributed by atoms with Gasteiger partial charge in [-0.2, -0.15) is 0 Å². The van der Waals surface area contributed by atoms with Crippen LogP contribution in [0.5, 0.6) is 0 Å². The SMILES string of the molecule is Nc1ccc(CCNc2ccc(S(N)(=O)=O)cc2)cc1. The Labute approximate surface area is 118 Å². The molecule has 0 aliphatic carbocycles. The second-order valence-electron chi connectivity index (χ2n) is 4.49. The van der Waals surface area contributed by atoms with Crippen LogP contribution < -0.4 is 16.2 Å². The van der Waals surface area contributed by atoms with Gasteiger partial charge in [0.15, 0.2) is 0 Å². The van der Waals surface area contributed by atoms with Crippen molar-refractivity contribution in [1.82, 2.24) is 0 Å². The number of anilines is 2. The van der Waals surface area contributed by atoms with E-state index >= 15 is 0 Å². The van der Waals surface area contributed by atoms with E-state index in [1.54, 1.807) is 12.1 Å². The summed E-state index contributed by atoms with van der Waals surface area (Å²) in [4.78, 5) is 0.113. The minimum Gasteiger partial charge on any atom is -0.399 e. The number of nitrogens with two attached hydrogens (primary N) is 2. The predicted molar refractivity (Wildman–Crippen MR) is 80.9 cm³/mol. The molecule has 0 bridgehead atoms. The highest BCUT2D eigenvalue weighted by Gasteiger charge is 2.06. The molecule has 20 heavy (non-hydrogen) atoms. The van der Waals surface area contributed by atoms with E-state index in [1.165, 1.54) is 17.7 Å². The molecule has 0 amide bonds. The highest BCUT2D eigenvalue weighted by Crippen LogP contribution is 2.13. The molecular weight excluding hydrogens is 274 g/mol. The normalized spacial score (nSPS) is 11.2. The summed E-state index contributed by atoms with van der Waals surface area (Å²) in [6.07, 6.45) is 0.858. The van der Waals surface area contributed by atoms with E-state index < -0.39 is 10.0 Å². The molecule has 0 spiro atoms. The molecule has 0 saturated heterocycles. The van der Waals surface area contributed by atoms with Gasteiger partial charge in [-0.15, -0.1) is 0 Å². The lowest BCUT2D eigenvalue weighted by atomic mass is 10.1. The molecule has 106 valence electrons. The summed E-state index contributed by atoms with van der Waals surface area (Å²) < 4.78 is 22.2. The summed E-state index contributed by atoms with van der Waals surface area (Å²) in [6, 6.07) is 14.1. The smallest absolute Gasteiger partial charge is 0.238 e. The molecule has 0 radical (unpaired) electrons. The van der Waals surface area contributed by atoms with Crippen molar-refractivity contribution in [3.8, 4) is 0 Å². The average Bonchev–Trinajstić information content (AvgIpc) is 2.41. The van der Waals surface area contributed by atoms with Crippen LogP contribution in [0.4, 0.5) is 11.4 Å². The second-order valence-corrected chi connectivity index (χ2v) is 6.05. The topological polar surface area (TPSA) is 98.2 Å². The monoisotopic (exact) mass is 291 g/mol. The molecular formula is C14H17N3O2S. The van der Waals surface area contributed by atoms with Crippen molar-refractivity contribution < 1.29 is 8.42 Å². The van der Waals surface area contributed by atoms with E-state index in [0.717, 1.165) is 24.3 Å². The number of nitrogen functional groups attached to an aromatic ring is 1. The van der Waals surface area contributed by atoms with Crippen LogP contribution >= 0.6 is 0 Å². The summed E-state index contributed by atoms with van der Waals surface area (Å²) in [7, 11) is -3.63. The Hall–Kier alpha value is -2.05. The van der Waals surface area contributed by atoms with Crippen molar-refractivity contribution in [3.05, 3.63) is 54.1 Å². The number of hydrogen-bond acceptors (Lipinski definition) is 4. The first-order valence-electron chi connectivity index (χ1n) is 6.16. The molecule has 0 saturated carbocycles. The average molecular weight is 291 g/mol. The molecule has 0 fully saturated rings. The van der Waals surface area contributed by atoms with E-state index in [4.69, 9.17) is 10.9 Å². The predicted octanol–water partition coefficient (Wildman–Crippen LogP) is 1.57. The summed E-state index contributed by atoms with van der Waals surface area (Å²) in [5.74, 6) is 0. The molecule has 0 aliphatic heterocycles. The van der Waals surface area contributed by atoms with Gasteiger partial charge < -0.3 is 11.1 Å². The zero-order valence-electron chi connectivity index (χ0n) is 10.9. The molecule has 0 heterocycles. The Kier molecular flexibility index (Phi) is 4.26. The van der Waals surface area contributed by atoms with Gasteiger partial charge in [-0.05, 0) is 48.4 Å². The third-order valence-corrected chi connectivity index (χ3v) is 3.83. The number of rotatable bonds is 5. The van der Waals surface area contributed by atoms with E-state index in [-0.39, 0.29) is 4.90 Å². The number of sulfonamides is 1. The molecule has 6 heteroatoms. The Balaban J connectivity index is 1.90. The lowest BCUT2D eigenvalue weighted by molar-refractivity contribution is 0.598. The van der Waals surface area contributed by atoms with Gasteiger partial charge in [0.25, 0.3) is 0 Å². The number of hydrogen-bond donors (Lipinski definition) is 3. The third kappa shape index (κ3) is 3.97. The zero-order chi connectivity index (χ0) is 14.6. The lowest BCUT2D eigenvalue weighted by Crippen LogP contribution is -2.12. The van der Waals surface area contributed by atoms with Gasteiger partial charge in [-0.25, -0.2) is 13.6 Å². The maximum absolute atomic E-state index is 11.1. The highest BCUT2D eigenvalue weighted by molar-refractivity contribution is 7.89. The fourth-order valence-corrected chi connectivity index (χ4v) is 2.31. The van der Waals surface area contributed by atoms with Gasteiger partial charge in [-0.3, -0.25) is 0 Å². The van der Waals surface area contributed by atoms with Crippen molar-refractivity contribution in [2.24, 2.45) is 5.14 Å². The molecule has 2 aromatic carbocycles. The summed E-state index contributed by atoms with van der Waals surface area (Å²) >= 11 is 0. The van der Waals surface area contributed by atoms with Gasteiger partial charge in [-0.1, -0.05) is 12.1 Å². The van der Waals surface area contributed by atoms with E-state index in [2.05, 4.69) is 5.32 Å². The minimum atomic E-state index is -3.63. The third-order valence-electron chi connectivity index (χ3n) is 2.91. The molecule has 5 N–H and O–H groups in total. The van der Waals surface area contributed by atoms with Crippen LogP contribution in [-0.4, -0.2) is 15.0 Å². The van der Waals surface area contributed by atoms with E-state index in [0.29, 0.717) is 0 Å². The van der Waals surface area contributed by atoms with E-state index in [9.17, 15) is 8.42 Å². The molecule has 0 unspecified atom stereocenters. The molecule has 0 aliphatic rings. The van der Waals surface area contributed by atoms with Crippen LogP contribution in [0.25, 0.3) is 0 Å². The Morgan fingerprint density at radius 1 is 0.950 bits per heavy atom. The maximum atomic E-state index is 11.1. The van der Waals surface area contributed by atoms with Crippen molar-refractivity contribution >= 4 is 21.4 Å². The van der Waals surface area contributed by atoms with Crippen molar-refractivity contribution in [2.75, 3.05) is 17.6 Å². The Morgan fingerprint density at radius 2 is 1.55 bits per heavy atom. The van der Waals surface area contributed by atoms with Crippen LogP contribution in [0.2, 0.25) is 0 Å². The summed E-state index contributed by atoms with van der Waals surface area (Å²) in [6.45, 7) is 0.749. The Morgan fingerprint density at radius 3 is 2.10 bits per heavy atom. The number of benzene rings is 2. The van der Waals surface area contributed by atoms with Crippen LogP contribution in [0.1, 0.15) is 5.56 Å². The molecule has 0 atom stereocenters. The Bertz CT molecular complexity index is 665. The minimum absolute atomic E-state index is 0.113. The first-order valence-corrected chi connectivity index (χ1v) is 7.71. The molecule has 5 nitrogen and oxygen atoms in total. The maximum Gasteiger partial charge on any atom is 0.238 e. The van der Waals surface area contributed by atoms with Crippen LogP contribution in [0.15, 0.2) is 53.4 Å². The quantitative estimate of drug-likeness (QED) is 0.728. The van der Waals surface area contributed by atoms with Gasteiger partial charge >= 0.3 is 0 Å². The van der Waals surface area contributed by atoms with Crippen molar-refractivity contribution in [1.29, 1.82) is 0 Å². The van der Waals surface area contributed by atoms with Gasteiger partial charge in [0.2, 0.25) is 10.0 Å². The van der Waals surface area contributed by atoms with Gasteiger partial charge in [0.05, 0.1) is 4.90 Å². The first kappa shape index (κ1) is 14.4. The highest BCUT2D eigenvalue weighted by atomic mass is 32.2. The van der Waals surface area contributed by atoms with Crippen LogP contribution in [0.3, 0.4) is 0 Å².